The Morgan fingerprint density at radius 2 is 2.20 bits per heavy atom. The van der Waals surface area contributed by atoms with E-state index in [2.05, 4.69) is 46.4 Å². The van der Waals surface area contributed by atoms with Gasteiger partial charge in [-0.3, -0.25) is 0 Å². The van der Waals surface area contributed by atoms with Crippen LogP contribution in [-0.4, -0.2) is 19.8 Å². The minimum absolute atomic E-state index is 0.800. The second-order valence-electron chi connectivity index (χ2n) is 3.46. The molecule has 0 aliphatic rings. The molecule has 1 rings (SSSR count). The van der Waals surface area contributed by atoms with E-state index in [4.69, 9.17) is 4.74 Å². The molecule has 15 heavy (non-hydrogen) atoms. The fourth-order valence-corrected chi connectivity index (χ4v) is 1.94. The molecule has 0 saturated carbocycles. The molecular formula is C12H18BrNO. The van der Waals surface area contributed by atoms with Gasteiger partial charge in [-0.2, -0.15) is 0 Å². The van der Waals surface area contributed by atoms with Crippen molar-refractivity contribution in [3.8, 4) is 0 Å². The normalized spacial score (nSPS) is 10.3. The zero-order valence-electron chi connectivity index (χ0n) is 9.35. The van der Waals surface area contributed by atoms with Crippen molar-refractivity contribution in [2.75, 3.05) is 25.1 Å². The molecule has 0 bridgehead atoms. The van der Waals surface area contributed by atoms with Gasteiger partial charge in [-0.1, -0.05) is 6.07 Å². The molecule has 0 heterocycles. The highest BCUT2D eigenvalue weighted by Crippen LogP contribution is 2.23. The Morgan fingerprint density at radius 3 is 2.87 bits per heavy atom. The predicted octanol–water partition coefficient (Wildman–Crippen LogP) is 3.60. The smallest absolute Gasteiger partial charge is 0.0484 e. The van der Waals surface area contributed by atoms with Crippen molar-refractivity contribution in [1.82, 2.24) is 0 Å². The fourth-order valence-electron chi connectivity index (χ4n) is 1.31. The summed E-state index contributed by atoms with van der Waals surface area (Å²) < 4.78 is 6.39. The summed E-state index contributed by atoms with van der Waals surface area (Å²) in [6, 6.07) is 6.32. The van der Waals surface area contributed by atoms with Crippen LogP contribution in [0.2, 0.25) is 0 Å². The number of anilines is 1. The molecule has 0 radical (unpaired) electrons. The first kappa shape index (κ1) is 12.5. The fraction of sp³-hybridized carbons (Fsp3) is 0.500. The Balaban J connectivity index is 2.31. The highest BCUT2D eigenvalue weighted by molar-refractivity contribution is 9.10. The summed E-state index contributed by atoms with van der Waals surface area (Å²) in [4.78, 5) is 0. The molecule has 0 aliphatic heterocycles. The van der Waals surface area contributed by atoms with Crippen LogP contribution in [0.15, 0.2) is 22.7 Å². The maximum absolute atomic E-state index is 5.27. The third-order valence-corrected chi connectivity index (χ3v) is 2.77. The number of aryl methyl sites for hydroxylation is 1. The van der Waals surface area contributed by atoms with Gasteiger partial charge in [0.25, 0.3) is 0 Å². The number of hydrogen-bond donors (Lipinski definition) is 1. The third-order valence-electron chi connectivity index (χ3n) is 2.11. The first-order chi connectivity index (χ1) is 7.24. The van der Waals surface area contributed by atoms with Crippen LogP contribution in [0.5, 0.6) is 0 Å². The monoisotopic (exact) mass is 271 g/mol. The van der Waals surface area contributed by atoms with E-state index in [1.165, 1.54) is 5.56 Å². The van der Waals surface area contributed by atoms with E-state index in [1.807, 2.05) is 6.92 Å². The first-order valence-corrected chi connectivity index (χ1v) is 6.11. The van der Waals surface area contributed by atoms with Crippen molar-refractivity contribution in [2.45, 2.75) is 20.3 Å². The zero-order chi connectivity index (χ0) is 11.1. The first-order valence-electron chi connectivity index (χ1n) is 5.32. The van der Waals surface area contributed by atoms with Crippen LogP contribution in [-0.2, 0) is 4.74 Å². The van der Waals surface area contributed by atoms with E-state index in [1.54, 1.807) is 0 Å². The summed E-state index contributed by atoms with van der Waals surface area (Å²) >= 11 is 3.54. The standard InChI is InChI=1S/C12H18BrNO/c1-3-15-8-4-7-14-12-6-5-10(2)9-11(12)13/h5-6,9,14H,3-4,7-8H2,1-2H3. The molecule has 1 aromatic carbocycles. The molecule has 1 N–H and O–H groups in total. The Kier molecular flexibility index (Phi) is 5.73. The lowest BCUT2D eigenvalue weighted by atomic mass is 10.2. The largest absolute Gasteiger partial charge is 0.384 e. The van der Waals surface area contributed by atoms with Crippen LogP contribution in [0.1, 0.15) is 18.9 Å². The minimum Gasteiger partial charge on any atom is -0.384 e. The Labute approximate surface area is 100 Å². The van der Waals surface area contributed by atoms with E-state index < -0.39 is 0 Å². The van der Waals surface area contributed by atoms with Crippen molar-refractivity contribution in [1.29, 1.82) is 0 Å². The SMILES string of the molecule is CCOCCCNc1ccc(C)cc1Br. The van der Waals surface area contributed by atoms with Gasteiger partial charge in [0.1, 0.15) is 0 Å². The number of nitrogens with one attached hydrogen (secondary N) is 1. The van der Waals surface area contributed by atoms with E-state index in [0.29, 0.717) is 0 Å². The summed E-state index contributed by atoms with van der Waals surface area (Å²) in [6.07, 6.45) is 1.04. The summed E-state index contributed by atoms with van der Waals surface area (Å²) in [5.74, 6) is 0. The third kappa shape index (κ3) is 4.67. The summed E-state index contributed by atoms with van der Waals surface area (Å²) in [5.41, 5.74) is 2.42. The van der Waals surface area contributed by atoms with E-state index in [0.717, 1.165) is 36.3 Å². The number of hydrogen-bond acceptors (Lipinski definition) is 2. The average Bonchev–Trinajstić information content (AvgIpc) is 2.20. The van der Waals surface area contributed by atoms with Crippen LogP contribution >= 0.6 is 15.9 Å². The molecule has 2 nitrogen and oxygen atoms in total. The number of ether oxygens (including phenoxy) is 1. The van der Waals surface area contributed by atoms with E-state index >= 15 is 0 Å². The molecule has 0 atom stereocenters. The predicted molar refractivity (Wildman–Crippen MR) is 68.5 cm³/mol. The van der Waals surface area contributed by atoms with Crippen LogP contribution < -0.4 is 5.32 Å². The zero-order valence-corrected chi connectivity index (χ0v) is 10.9. The lowest BCUT2D eigenvalue weighted by Crippen LogP contribution is -2.06. The van der Waals surface area contributed by atoms with Gasteiger partial charge in [0.05, 0.1) is 0 Å². The van der Waals surface area contributed by atoms with Gasteiger partial charge in [0.2, 0.25) is 0 Å². The van der Waals surface area contributed by atoms with Crippen molar-refractivity contribution >= 4 is 21.6 Å². The molecule has 0 aromatic heterocycles. The van der Waals surface area contributed by atoms with Gasteiger partial charge < -0.3 is 10.1 Å². The van der Waals surface area contributed by atoms with Gasteiger partial charge in [0, 0.05) is 29.9 Å². The molecule has 0 unspecified atom stereocenters. The Morgan fingerprint density at radius 1 is 1.40 bits per heavy atom. The van der Waals surface area contributed by atoms with Crippen molar-refractivity contribution in [3.05, 3.63) is 28.2 Å². The van der Waals surface area contributed by atoms with Crippen LogP contribution in [0, 0.1) is 6.92 Å². The Hall–Kier alpha value is -0.540. The molecular weight excluding hydrogens is 254 g/mol. The maximum Gasteiger partial charge on any atom is 0.0484 e. The van der Waals surface area contributed by atoms with E-state index in [9.17, 15) is 0 Å². The highest BCUT2D eigenvalue weighted by Gasteiger charge is 1.98. The topological polar surface area (TPSA) is 21.3 Å². The maximum atomic E-state index is 5.27. The van der Waals surface area contributed by atoms with Gasteiger partial charge in [-0.15, -0.1) is 0 Å². The average molecular weight is 272 g/mol. The molecule has 0 amide bonds. The molecule has 0 fully saturated rings. The summed E-state index contributed by atoms with van der Waals surface area (Å²) in [7, 11) is 0. The van der Waals surface area contributed by atoms with Gasteiger partial charge in [0.15, 0.2) is 0 Å². The minimum atomic E-state index is 0.800. The van der Waals surface area contributed by atoms with Gasteiger partial charge >= 0.3 is 0 Å². The molecule has 0 saturated heterocycles. The lowest BCUT2D eigenvalue weighted by molar-refractivity contribution is 0.147. The second-order valence-corrected chi connectivity index (χ2v) is 4.31. The lowest BCUT2D eigenvalue weighted by Gasteiger charge is -2.09. The highest BCUT2D eigenvalue weighted by atomic mass is 79.9. The van der Waals surface area contributed by atoms with Crippen molar-refractivity contribution in [3.63, 3.8) is 0 Å². The molecule has 1 aromatic rings. The van der Waals surface area contributed by atoms with Crippen molar-refractivity contribution < 1.29 is 4.74 Å². The number of halogens is 1. The molecule has 3 heteroatoms. The molecule has 0 aliphatic carbocycles. The van der Waals surface area contributed by atoms with Crippen molar-refractivity contribution in [2.24, 2.45) is 0 Å². The quantitative estimate of drug-likeness (QED) is 0.799. The Bertz CT molecular complexity index is 302. The second kappa shape index (κ2) is 6.85. The van der Waals surface area contributed by atoms with Gasteiger partial charge in [-0.05, 0) is 53.9 Å². The summed E-state index contributed by atoms with van der Waals surface area (Å²) in [6.45, 7) is 6.68. The summed E-state index contributed by atoms with van der Waals surface area (Å²) in [5, 5.41) is 3.37. The molecule has 84 valence electrons. The van der Waals surface area contributed by atoms with Crippen LogP contribution in [0.3, 0.4) is 0 Å². The van der Waals surface area contributed by atoms with Crippen LogP contribution in [0.4, 0.5) is 5.69 Å². The van der Waals surface area contributed by atoms with Crippen LogP contribution in [0.25, 0.3) is 0 Å². The molecule has 0 spiro atoms. The van der Waals surface area contributed by atoms with E-state index in [-0.39, 0.29) is 0 Å². The van der Waals surface area contributed by atoms with Gasteiger partial charge in [-0.25, -0.2) is 0 Å². The number of rotatable bonds is 6. The number of benzene rings is 1.